The molecule has 4 aromatic rings. The number of hydrogen-bond donors (Lipinski definition) is 1. The number of furan rings is 1. The Morgan fingerprint density at radius 2 is 1.89 bits per heavy atom. The van der Waals surface area contributed by atoms with Crippen molar-refractivity contribution in [2.75, 3.05) is 36.0 Å². The lowest BCUT2D eigenvalue weighted by molar-refractivity contribution is -0.115. The lowest BCUT2D eigenvalue weighted by atomic mass is 10.3. The average molecular weight is 519 g/mol. The van der Waals surface area contributed by atoms with Crippen LogP contribution in [0.15, 0.2) is 62.5 Å². The van der Waals surface area contributed by atoms with Crippen molar-refractivity contribution in [3.05, 3.63) is 65.1 Å². The Hall–Kier alpha value is -4.32. The summed E-state index contributed by atoms with van der Waals surface area (Å²) in [7, 11) is 0. The minimum atomic E-state index is -0.447. The van der Waals surface area contributed by atoms with E-state index in [1.54, 1.807) is 24.5 Å². The Kier molecular flexibility index (Phi) is 6.23. The van der Waals surface area contributed by atoms with Crippen LogP contribution in [0.5, 0.6) is 5.88 Å². The number of para-hydroxylation sites is 2. The second-order valence-electron chi connectivity index (χ2n) is 8.44. The fraction of sp³-hybridized carbons (Fsp3) is 0.240. The van der Waals surface area contributed by atoms with Crippen LogP contribution >= 0.6 is 11.8 Å². The zero-order valence-electron chi connectivity index (χ0n) is 19.6. The number of nitrogens with zero attached hydrogens (tertiary/aromatic N) is 5. The lowest BCUT2D eigenvalue weighted by Gasteiger charge is -2.22. The number of aromatic nitrogens is 3. The molecular formula is C25H22N6O5S. The molecule has 2 fully saturated rings. The van der Waals surface area contributed by atoms with E-state index in [0.29, 0.717) is 48.9 Å². The summed E-state index contributed by atoms with van der Waals surface area (Å²) in [6.07, 6.45) is 3.98. The summed E-state index contributed by atoms with van der Waals surface area (Å²) in [6.45, 7) is 2.97. The smallest absolute Gasteiger partial charge is 0.298 e. The average Bonchev–Trinajstić information content (AvgIpc) is 3.59. The number of benzene rings is 1. The Balaban J connectivity index is 1.25. The first-order chi connectivity index (χ1) is 18.1. The number of rotatable bonds is 6. The molecular weight excluding hydrogens is 496 g/mol. The number of hydrogen-bond acceptors (Lipinski definition) is 11. The zero-order valence-corrected chi connectivity index (χ0v) is 20.4. The maximum Gasteiger partial charge on any atom is 0.298 e. The van der Waals surface area contributed by atoms with Gasteiger partial charge in [-0.05, 0) is 48.5 Å². The Morgan fingerprint density at radius 1 is 1.03 bits per heavy atom. The summed E-state index contributed by atoms with van der Waals surface area (Å²) in [5, 5.41) is 1.85. The van der Waals surface area contributed by atoms with Crippen molar-refractivity contribution in [2.45, 2.75) is 13.0 Å². The molecule has 0 saturated carbocycles. The molecule has 6 rings (SSSR count). The second kappa shape index (κ2) is 9.97. The van der Waals surface area contributed by atoms with Gasteiger partial charge < -0.3 is 23.4 Å². The van der Waals surface area contributed by atoms with Gasteiger partial charge in [0.15, 0.2) is 5.58 Å². The highest BCUT2D eigenvalue weighted by atomic mass is 32.2. The molecule has 188 valence electrons. The van der Waals surface area contributed by atoms with Crippen molar-refractivity contribution in [1.29, 1.82) is 0 Å². The molecule has 5 heterocycles. The molecule has 37 heavy (non-hydrogen) atoms. The van der Waals surface area contributed by atoms with E-state index in [1.165, 1.54) is 0 Å². The SMILES string of the molecule is O=C1NC(=O)C(=Cc2cc(OCc3ccco3)nc(N3CCCN(c4nc5ccccc5o4)CC3)n2)S1. The molecule has 2 amide bonds. The second-order valence-corrected chi connectivity index (χ2v) is 9.46. The number of carbonyl (C=O) groups excluding carboxylic acids is 2. The van der Waals surface area contributed by atoms with Crippen molar-refractivity contribution in [2.24, 2.45) is 0 Å². The van der Waals surface area contributed by atoms with Crippen LogP contribution in [0.3, 0.4) is 0 Å². The Morgan fingerprint density at radius 3 is 2.70 bits per heavy atom. The van der Waals surface area contributed by atoms with Gasteiger partial charge in [0.05, 0.1) is 16.9 Å². The first-order valence-corrected chi connectivity index (χ1v) is 12.6. The number of thioether (sulfide) groups is 1. The first-order valence-electron chi connectivity index (χ1n) is 11.8. The van der Waals surface area contributed by atoms with E-state index < -0.39 is 11.1 Å². The van der Waals surface area contributed by atoms with Crippen LogP contribution < -0.4 is 19.9 Å². The van der Waals surface area contributed by atoms with Gasteiger partial charge in [-0.3, -0.25) is 14.9 Å². The van der Waals surface area contributed by atoms with E-state index in [4.69, 9.17) is 13.6 Å². The molecule has 0 radical (unpaired) electrons. The third-order valence-electron chi connectivity index (χ3n) is 5.91. The van der Waals surface area contributed by atoms with Gasteiger partial charge in [-0.2, -0.15) is 9.97 Å². The van der Waals surface area contributed by atoms with Crippen LogP contribution in [0.1, 0.15) is 17.9 Å². The van der Waals surface area contributed by atoms with Crippen LogP contribution in [0.2, 0.25) is 0 Å². The predicted octanol–water partition coefficient (Wildman–Crippen LogP) is 3.83. The number of ether oxygens (including phenoxy) is 1. The van der Waals surface area contributed by atoms with E-state index in [0.717, 1.165) is 35.8 Å². The third-order valence-corrected chi connectivity index (χ3v) is 6.72. The van der Waals surface area contributed by atoms with Gasteiger partial charge in [0.25, 0.3) is 17.2 Å². The minimum absolute atomic E-state index is 0.193. The highest BCUT2D eigenvalue weighted by Gasteiger charge is 2.26. The van der Waals surface area contributed by atoms with Crippen molar-refractivity contribution >= 4 is 52.0 Å². The molecule has 11 nitrogen and oxygen atoms in total. The number of anilines is 2. The van der Waals surface area contributed by atoms with E-state index >= 15 is 0 Å². The summed E-state index contributed by atoms with van der Waals surface area (Å²) in [4.78, 5) is 42.1. The number of oxazole rings is 1. The summed E-state index contributed by atoms with van der Waals surface area (Å²) in [6, 6.07) is 13.5. The molecule has 0 spiro atoms. The molecule has 0 bridgehead atoms. The van der Waals surface area contributed by atoms with Crippen molar-refractivity contribution in [3.8, 4) is 5.88 Å². The van der Waals surface area contributed by atoms with Gasteiger partial charge in [-0.1, -0.05) is 12.1 Å². The fourth-order valence-electron chi connectivity index (χ4n) is 4.12. The summed E-state index contributed by atoms with van der Waals surface area (Å²) in [5.41, 5.74) is 2.05. The number of carbonyl (C=O) groups is 2. The molecule has 2 aliphatic rings. The number of nitrogens with one attached hydrogen (secondary N) is 1. The topological polar surface area (TPSA) is 127 Å². The molecule has 2 aliphatic heterocycles. The monoisotopic (exact) mass is 518 g/mol. The lowest BCUT2D eigenvalue weighted by Crippen LogP contribution is -2.32. The summed E-state index contributed by atoms with van der Waals surface area (Å²) >= 11 is 0.838. The molecule has 1 aromatic carbocycles. The largest absolute Gasteiger partial charge is 0.469 e. The van der Waals surface area contributed by atoms with Gasteiger partial charge >= 0.3 is 0 Å². The van der Waals surface area contributed by atoms with Crippen LogP contribution in [0.4, 0.5) is 16.8 Å². The predicted molar refractivity (Wildman–Crippen MR) is 137 cm³/mol. The molecule has 0 aliphatic carbocycles. The fourth-order valence-corrected chi connectivity index (χ4v) is 4.79. The quantitative estimate of drug-likeness (QED) is 0.374. The number of amides is 2. The molecule has 2 saturated heterocycles. The summed E-state index contributed by atoms with van der Waals surface area (Å²) in [5.74, 6) is 1.01. The van der Waals surface area contributed by atoms with Crippen LogP contribution in [-0.2, 0) is 11.4 Å². The van der Waals surface area contributed by atoms with Crippen LogP contribution in [0, 0.1) is 0 Å². The summed E-state index contributed by atoms with van der Waals surface area (Å²) < 4.78 is 17.2. The third kappa shape index (κ3) is 5.14. The van der Waals surface area contributed by atoms with Gasteiger partial charge in [-0.15, -0.1) is 0 Å². The van der Waals surface area contributed by atoms with Gasteiger partial charge in [-0.25, -0.2) is 4.98 Å². The van der Waals surface area contributed by atoms with Crippen molar-refractivity contribution < 1.29 is 23.2 Å². The van der Waals surface area contributed by atoms with Crippen molar-refractivity contribution in [3.63, 3.8) is 0 Å². The maximum absolute atomic E-state index is 12.1. The highest BCUT2D eigenvalue weighted by Crippen LogP contribution is 2.28. The van der Waals surface area contributed by atoms with E-state index in [9.17, 15) is 9.59 Å². The normalized spacial score (nSPS) is 17.5. The molecule has 1 N–H and O–H groups in total. The van der Waals surface area contributed by atoms with Crippen LogP contribution in [0.25, 0.3) is 17.2 Å². The van der Waals surface area contributed by atoms with E-state index in [2.05, 4.69) is 30.1 Å². The van der Waals surface area contributed by atoms with Gasteiger partial charge in [0.2, 0.25) is 11.8 Å². The molecule has 12 heteroatoms. The van der Waals surface area contributed by atoms with Crippen molar-refractivity contribution in [1.82, 2.24) is 20.3 Å². The van der Waals surface area contributed by atoms with Gasteiger partial charge in [0.1, 0.15) is 17.9 Å². The Labute approximate surface area is 215 Å². The van der Waals surface area contributed by atoms with E-state index in [-0.39, 0.29) is 11.5 Å². The number of imide groups is 1. The standard InChI is InChI=1S/C25H22N6O5S/c32-22-20(37-25(33)29-22)13-16-14-21(35-15-17-5-3-12-34-17)28-23(26-16)30-8-4-9-31(11-10-30)24-27-18-6-1-2-7-19(18)36-24/h1-3,5-7,12-14H,4,8-11,15H2,(H,29,32,33). The van der Waals surface area contributed by atoms with E-state index in [1.807, 2.05) is 30.3 Å². The van der Waals surface area contributed by atoms with Gasteiger partial charge in [0, 0.05) is 32.2 Å². The highest BCUT2D eigenvalue weighted by molar-refractivity contribution is 8.18. The molecule has 0 unspecified atom stereocenters. The zero-order chi connectivity index (χ0) is 25.2. The van der Waals surface area contributed by atoms with Crippen LogP contribution in [-0.4, -0.2) is 52.3 Å². The molecule has 0 atom stereocenters. The first kappa shape index (κ1) is 23.1. The Bertz CT molecular complexity index is 1450. The maximum atomic E-state index is 12.1. The minimum Gasteiger partial charge on any atom is -0.469 e. The molecule has 3 aromatic heterocycles. The number of fused-ring (bicyclic) bond motifs is 1.